The Morgan fingerprint density at radius 1 is 0.607 bits per heavy atom. The molecule has 0 aromatic heterocycles. The van der Waals surface area contributed by atoms with Gasteiger partial charge in [0.15, 0.2) is 0 Å². The Balaban J connectivity index is -0.000000359. The van der Waals surface area contributed by atoms with Crippen LogP contribution in [0.5, 0.6) is 11.5 Å². The molecule has 0 unspecified atom stereocenters. The molecule has 0 radical (unpaired) electrons. The van der Waals surface area contributed by atoms with Crippen LogP contribution in [0.3, 0.4) is 0 Å². The van der Waals surface area contributed by atoms with E-state index in [9.17, 15) is 25.2 Å². The fourth-order valence-electron chi connectivity index (χ4n) is 1.51. The number of hydrogen-bond acceptors (Lipinski definition) is 1. The van der Waals surface area contributed by atoms with Gasteiger partial charge in [-0.3, -0.25) is 0 Å². The third kappa shape index (κ3) is 24.2. The summed E-state index contributed by atoms with van der Waals surface area (Å²) in [6.07, 6.45) is 9.50. The Labute approximate surface area is 172 Å². The molecule has 0 heterocycles. The summed E-state index contributed by atoms with van der Waals surface area (Å²) in [4.78, 5) is 0. The molecule has 0 saturated heterocycles. The molecule has 0 amide bonds. The van der Waals surface area contributed by atoms with Gasteiger partial charge in [0.1, 0.15) is 11.5 Å². The molecule has 0 atom stereocenters. The minimum Gasteiger partial charge on any atom is -0.457 e. The number of ether oxygens (including phenoxy) is 1. The average molecular weight is 467 g/mol. The Bertz CT molecular complexity index is 643. The van der Waals surface area contributed by atoms with E-state index in [0.717, 1.165) is 17.9 Å². The quantitative estimate of drug-likeness (QED) is 0.185. The van der Waals surface area contributed by atoms with E-state index in [1.54, 1.807) is 0 Å². The summed E-state index contributed by atoms with van der Waals surface area (Å²) >= 11 is 0. The molecule has 0 N–H and O–H groups in total. The number of allylic oxidation sites excluding steroid dienone is 4. The van der Waals surface area contributed by atoms with E-state index >= 15 is 0 Å². The molecule has 3 rings (SSSR count). The van der Waals surface area contributed by atoms with Gasteiger partial charge in [0.2, 0.25) is 0 Å². The largest absolute Gasteiger partial charge is 2.00 e. The van der Waals surface area contributed by atoms with Crippen molar-refractivity contribution in [3.05, 3.63) is 99.8 Å². The number of rotatable bonds is 2. The van der Waals surface area contributed by atoms with Crippen molar-refractivity contribution >= 4 is 7.81 Å². The number of benzene rings is 2. The summed E-state index contributed by atoms with van der Waals surface area (Å²) < 4.78 is 64.8. The van der Waals surface area contributed by atoms with Gasteiger partial charge >= 0.3 is 50.1 Å². The van der Waals surface area contributed by atoms with E-state index < -0.39 is 7.81 Å². The van der Waals surface area contributed by atoms with Crippen LogP contribution in [-0.2, 0) is 17.1 Å². The summed E-state index contributed by atoms with van der Waals surface area (Å²) in [6, 6.07) is 19.5. The first-order chi connectivity index (χ1) is 11.4. The first-order valence-corrected chi connectivity index (χ1v) is 9.09. The molecule has 2 aromatic rings. The maximum Gasteiger partial charge on any atom is 2.00 e. The van der Waals surface area contributed by atoms with Crippen LogP contribution in [0.25, 0.3) is 0 Å². The monoisotopic (exact) mass is 467 g/mol. The van der Waals surface area contributed by atoms with Crippen LogP contribution in [0, 0.1) is 14.9 Å². The molecule has 28 heavy (non-hydrogen) atoms. The zero-order valence-corrected chi connectivity index (χ0v) is 17.3. The number of hydrogen-bond donors (Lipinski definition) is 0. The van der Waals surface area contributed by atoms with Gasteiger partial charge in [-0.25, -0.2) is 0 Å². The molecule has 9 heteroatoms. The van der Waals surface area contributed by atoms with Crippen molar-refractivity contribution in [1.82, 2.24) is 0 Å². The van der Waals surface area contributed by atoms with Crippen molar-refractivity contribution in [2.75, 3.05) is 0 Å². The molecule has 0 bridgehead atoms. The second-order valence-corrected chi connectivity index (χ2v) is 6.70. The van der Waals surface area contributed by atoms with Crippen LogP contribution in [-0.4, -0.2) is 0 Å². The average Bonchev–Trinajstić information content (AvgIpc) is 3.05. The van der Waals surface area contributed by atoms with E-state index in [1.807, 2.05) is 60.7 Å². The van der Waals surface area contributed by atoms with Crippen molar-refractivity contribution < 1.29 is 47.0 Å². The maximum atomic E-state index is 9.87. The van der Waals surface area contributed by atoms with Crippen LogP contribution < -0.4 is 4.74 Å². The van der Waals surface area contributed by atoms with Crippen molar-refractivity contribution in [2.24, 2.45) is 0 Å². The predicted octanol–water partition coefficient (Wildman–Crippen LogP) is 9.26. The third-order valence-electron chi connectivity index (χ3n) is 2.38. The van der Waals surface area contributed by atoms with Gasteiger partial charge < -0.3 is 19.6 Å². The summed E-state index contributed by atoms with van der Waals surface area (Å²) in [6.45, 7) is 0. The Morgan fingerprint density at radius 3 is 1.11 bits per heavy atom. The van der Waals surface area contributed by atoms with Crippen molar-refractivity contribution in [1.29, 1.82) is 0 Å². The summed E-state index contributed by atoms with van der Waals surface area (Å²) in [5, 5.41) is 0. The maximum absolute atomic E-state index is 10.7. The molecule has 160 valence electrons. The van der Waals surface area contributed by atoms with Crippen molar-refractivity contribution in [3.63, 3.8) is 0 Å². The van der Waals surface area contributed by atoms with Gasteiger partial charge in [-0.15, -0.1) is 0 Å². The minimum absolute atomic E-state index is 0. The molecule has 0 saturated carbocycles. The smallest absolute Gasteiger partial charge is 0.457 e. The standard InChI is InChI=1S/C12H10O.C5H6.2CH3.F6P.Fe/c1-3-7-11(8-4-1)13-12-9-5-2-6-10-12;1-2-4-5-3-1;;;1-7(2,3,4,5)6;/h1-10H;1-4H,5H2;2*1H3;;/q;;3*-1;+2. The van der Waals surface area contributed by atoms with Crippen LogP contribution >= 0.6 is 7.81 Å². The number of para-hydroxylation sites is 2. The van der Waals surface area contributed by atoms with Gasteiger partial charge in [0.25, 0.3) is 0 Å². The van der Waals surface area contributed by atoms with Crippen LogP contribution in [0.2, 0.25) is 0 Å². The molecule has 1 aliphatic carbocycles. The van der Waals surface area contributed by atoms with E-state index in [2.05, 4.69) is 24.3 Å². The zero-order valence-electron chi connectivity index (χ0n) is 15.3. The fraction of sp³-hybridized carbons (Fsp3) is 0.0526. The Morgan fingerprint density at radius 2 is 0.893 bits per heavy atom. The van der Waals surface area contributed by atoms with Gasteiger partial charge in [-0.1, -0.05) is 60.7 Å². The molecule has 0 fully saturated rings. The molecular formula is C19H22F6FeOP-. The summed E-state index contributed by atoms with van der Waals surface area (Å²) in [5.41, 5.74) is 0. The normalized spacial score (nSPS) is 13.4. The molecule has 2 aromatic carbocycles. The van der Waals surface area contributed by atoms with Crippen molar-refractivity contribution in [3.8, 4) is 11.5 Å². The van der Waals surface area contributed by atoms with Crippen LogP contribution in [0.1, 0.15) is 6.42 Å². The fourth-order valence-corrected chi connectivity index (χ4v) is 1.51. The first-order valence-electron chi connectivity index (χ1n) is 7.06. The molecule has 1 nitrogen and oxygen atoms in total. The van der Waals surface area contributed by atoms with E-state index in [1.165, 1.54) is 0 Å². The summed E-state index contributed by atoms with van der Waals surface area (Å²) in [7, 11) is -10.7. The molecule has 0 spiro atoms. The summed E-state index contributed by atoms with van der Waals surface area (Å²) in [5.74, 6) is 1.74. The molecule has 1 aliphatic rings. The van der Waals surface area contributed by atoms with Gasteiger partial charge in [0.05, 0.1) is 0 Å². The van der Waals surface area contributed by atoms with Gasteiger partial charge in [0, 0.05) is 0 Å². The topological polar surface area (TPSA) is 9.23 Å². The zero-order chi connectivity index (χ0) is 18.9. The van der Waals surface area contributed by atoms with E-state index in [0.29, 0.717) is 0 Å². The Kier molecular flexibility index (Phi) is 13.2. The van der Waals surface area contributed by atoms with E-state index in [4.69, 9.17) is 4.74 Å². The SMILES string of the molecule is C1=CCC=C1.F[P-](F)(F)(F)(F)F.[CH3-].[CH3-].[Fe+2].c1ccc(Oc2ccccc2)cc1. The molecular weight excluding hydrogens is 445 g/mol. The van der Waals surface area contributed by atoms with Crippen molar-refractivity contribution in [2.45, 2.75) is 6.42 Å². The predicted molar refractivity (Wildman–Crippen MR) is 102 cm³/mol. The number of halogens is 6. The second kappa shape index (κ2) is 11.9. The van der Waals surface area contributed by atoms with Gasteiger partial charge in [-0.05, 0) is 30.7 Å². The second-order valence-electron chi connectivity index (χ2n) is 4.78. The minimum atomic E-state index is -10.7. The van der Waals surface area contributed by atoms with Crippen LogP contribution in [0.15, 0.2) is 85.0 Å². The van der Waals surface area contributed by atoms with E-state index in [-0.39, 0.29) is 31.9 Å². The molecule has 0 aliphatic heterocycles. The Hall–Kier alpha value is -1.75. The van der Waals surface area contributed by atoms with Gasteiger partial charge in [-0.2, -0.15) is 0 Å². The van der Waals surface area contributed by atoms with Crippen LogP contribution in [0.4, 0.5) is 25.2 Å². The first kappa shape index (κ1) is 31.0. The third-order valence-corrected chi connectivity index (χ3v) is 2.38.